The SMILES string of the molecule is C/C(=N/NC(=O)CCC(=O)Nc1cccc(C)c1)c1ccc2ccccc2c1. The normalized spacial score (nSPS) is 11.3. The highest BCUT2D eigenvalue weighted by atomic mass is 16.2. The fourth-order valence-corrected chi connectivity index (χ4v) is 2.85. The molecule has 2 N–H and O–H groups in total. The number of amides is 2. The van der Waals surface area contributed by atoms with E-state index in [0.717, 1.165) is 27.6 Å². The van der Waals surface area contributed by atoms with Crippen molar-refractivity contribution in [2.24, 2.45) is 5.10 Å². The summed E-state index contributed by atoms with van der Waals surface area (Å²) < 4.78 is 0. The number of aryl methyl sites for hydroxylation is 1. The lowest BCUT2D eigenvalue weighted by Gasteiger charge is -2.06. The Kier molecular flexibility index (Phi) is 6.17. The Hall–Kier alpha value is -3.47. The van der Waals surface area contributed by atoms with E-state index in [0.29, 0.717) is 5.71 Å². The monoisotopic (exact) mass is 373 g/mol. The van der Waals surface area contributed by atoms with Crippen LogP contribution < -0.4 is 10.7 Å². The highest BCUT2D eigenvalue weighted by Gasteiger charge is 2.07. The Bertz CT molecular complexity index is 1040. The minimum absolute atomic E-state index is 0.0755. The van der Waals surface area contributed by atoms with Crippen molar-refractivity contribution in [3.8, 4) is 0 Å². The zero-order valence-electron chi connectivity index (χ0n) is 16.0. The summed E-state index contributed by atoms with van der Waals surface area (Å²) in [5.74, 6) is -0.490. The van der Waals surface area contributed by atoms with E-state index in [-0.39, 0.29) is 24.7 Å². The van der Waals surface area contributed by atoms with E-state index in [9.17, 15) is 9.59 Å². The summed E-state index contributed by atoms with van der Waals surface area (Å²) in [6.45, 7) is 3.80. The maximum Gasteiger partial charge on any atom is 0.240 e. The number of nitrogens with one attached hydrogen (secondary N) is 2. The topological polar surface area (TPSA) is 70.6 Å². The van der Waals surface area contributed by atoms with Gasteiger partial charge in [0.25, 0.3) is 0 Å². The molecule has 0 aliphatic carbocycles. The van der Waals surface area contributed by atoms with Gasteiger partial charge in [0.1, 0.15) is 0 Å². The summed E-state index contributed by atoms with van der Waals surface area (Å²) in [7, 11) is 0. The van der Waals surface area contributed by atoms with Gasteiger partial charge in [0.15, 0.2) is 0 Å². The third-order valence-electron chi connectivity index (χ3n) is 4.40. The number of hydrogen-bond donors (Lipinski definition) is 2. The van der Waals surface area contributed by atoms with Crippen LogP contribution in [-0.2, 0) is 9.59 Å². The lowest BCUT2D eigenvalue weighted by Crippen LogP contribution is -2.21. The van der Waals surface area contributed by atoms with E-state index in [1.54, 1.807) is 0 Å². The number of fused-ring (bicyclic) bond motifs is 1. The molecule has 0 aromatic heterocycles. The van der Waals surface area contributed by atoms with Crippen molar-refractivity contribution in [2.75, 3.05) is 5.32 Å². The third kappa shape index (κ3) is 5.27. The first-order chi connectivity index (χ1) is 13.5. The minimum Gasteiger partial charge on any atom is -0.326 e. The first-order valence-electron chi connectivity index (χ1n) is 9.20. The van der Waals surface area contributed by atoms with Gasteiger partial charge in [0.2, 0.25) is 11.8 Å². The second-order valence-electron chi connectivity index (χ2n) is 6.71. The summed E-state index contributed by atoms with van der Waals surface area (Å²) in [6, 6.07) is 21.7. The molecule has 0 saturated heterocycles. The quantitative estimate of drug-likeness (QED) is 0.496. The molecule has 3 aromatic carbocycles. The standard InChI is InChI=1S/C23H23N3O2/c1-16-6-5-9-21(14-16)24-22(27)12-13-23(28)26-25-17(2)19-11-10-18-7-3-4-8-20(18)15-19/h3-11,14-15H,12-13H2,1-2H3,(H,24,27)(H,26,28)/b25-17-. The summed E-state index contributed by atoms with van der Waals surface area (Å²) in [5, 5.41) is 9.23. The average Bonchev–Trinajstić information content (AvgIpc) is 2.70. The average molecular weight is 373 g/mol. The molecule has 0 fully saturated rings. The molecule has 3 rings (SSSR count). The molecule has 2 amide bonds. The summed E-state index contributed by atoms with van der Waals surface area (Å²) in [5.41, 5.74) is 5.97. The second-order valence-corrected chi connectivity index (χ2v) is 6.71. The van der Waals surface area contributed by atoms with E-state index >= 15 is 0 Å². The van der Waals surface area contributed by atoms with E-state index in [1.807, 2.05) is 74.5 Å². The Labute approximate surface area is 164 Å². The number of carbonyl (C=O) groups is 2. The highest BCUT2D eigenvalue weighted by Crippen LogP contribution is 2.16. The van der Waals surface area contributed by atoms with Gasteiger partial charge in [0, 0.05) is 18.5 Å². The molecular formula is C23H23N3O2. The van der Waals surface area contributed by atoms with Gasteiger partial charge in [-0.2, -0.15) is 5.10 Å². The third-order valence-corrected chi connectivity index (χ3v) is 4.40. The van der Waals surface area contributed by atoms with Crippen LogP contribution in [0.4, 0.5) is 5.69 Å². The zero-order chi connectivity index (χ0) is 19.9. The van der Waals surface area contributed by atoms with Crippen LogP contribution in [0.2, 0.25) is 0 Å². The number of carbonyl (C=O) groups excluding carboxylic acids is 2. The molecule has 0 saturated carbocycles. The number of hydrazone groups is 1. The molecule has 0 aliphatic rings. The Morgan fingerprint density at radius 3 is 2.39 bits per heavy atom. The molecule has 0 radical (unpaired) electrons. The molecular weight excluding hydrogens is 350 g/mol. The summed E-state index contributed by atoms with van der Waals surface area (Å²) in [6.07, 6.45) is 0.177. The van der Waals surface area contributed by atoms with Gasteiger partial charge >= 0.3 is 0 Å². The van der Waals surface area contributed by atoms with Crippen molar-refractivity contribution in [1.82, 2.24) is 5.43 Å². The van der Waals surface area contributed by atoms with Crippen molar-refractivity contribution < 1.29 is 9.59 Å². The molecule has 0 heterocycles. The van der Waals surface area contributed by atoms with Crippen molar-refractivity contribution >= 4 is 34.0 Å². The molecule has 3 aromatic rings. The highest BCUT2D eigenvalue weighted by molar-refractivity contribution is 6.02. The molecule has 0 atom stereocenters. The Morgan fingerprint density at radius 1 is 0.857 bits per heavy atom. The van der Waals surface area contributed by atoms with Crippen LogP contribution in [0.15, 0.2) is 71.8 Å². The van der Waals surface area contributed by atoms with Crippen LogP contribution in [-0.4, -0.2) is 17.5 Å². The van der Waals surface area contributed by atoms with Crippen LogP contribution in [0.5, 0.6) is 0 Å². The molecule has 0 bridgehead atoms. The summed E-state index contributed by atoms with van der Waals surface area (Å²) in [4.78, 5) is 24.0. The smallest absolute Gasteiger partial charge is 0.240 e. The van der Waals surface area contributed by atoms with Gasteiger partial charge in [-0.05, 0) is 53.9 Å². The molecule has 0 unspecified atom stereocenters. The van der Waals surface area contributed by atoms with Crippen LogP contribution >= 0.6 is 0 Å². The van der Waals surface area contributed by atoms with E-state index in [1.165, 1.54) is 0 Å². The van der Waals surface area contributed by atoms with E-state index in [2.05, 4.69) is 21.9 Å². The van der Waals surface area contributed by atoms with Crippen molar-refractivity contribution in [2.45, 2.75) is 26.7 Å². The van der Waals surface area contributed by atoms with Gasteiger partial charge in [-0.15, -0.1) is 0 Å². The molecule has 5 heteroatoms. The van der Waals surface area contributed by atoms with Crippen molar-refractivity contribution in [3.63, 3.8) is 0 Å². The fourth-order valence-electron chi connectivity index (χ4n) is 2.85. The zero-order valence-corrected chi connectivity index (χ0v) is 16.0. The Morgan fingerprint density at radius 2 is 1.61 bits per heavy atom. The number of anilines is 1. The van der Waals surface area contributed by atoms with Crippen molar-refractivity contribution in [3.05, 3.63) is 77.9 Å². The Balaban J connectivity index is 1.51. The first kappa shape index (κ1) is 19.3. The summed E-state index contributed by atoms with van der Waals surface area (Å²) >= 11 is 0. The second kappa shape index (κ2) is 8.95. The van der Waals surface area contributed by atoms with Gasteiger partial charge in [-0.1, -0.05) is 48.5 Å². The van der Waals surface area contributed by atoms with Crippen LogP contribution in [0.25, 0.3) is 10.8 Å². The maximum absolute atomic E-state index is 12.0. The first-order valence-corrected chi connectivity index (χ1v) is 9.20. The minimum atomic E-state index is -0.292. The predicted molar refractivity (Wildman–Crippen MR) is 113 cm³/mol. The lowest BCUT2D eigenvalue weighted by atomic mass is 10.0. The van der Waals surface area contributed by atoms with Gasteiger partial charge in [-0.3, -0.25) is 9.59 Å². The number of hydrogen-bond acceptors (Lipinski definition) is 3. The van der Waals surface area contributed by atoms with Crippen LogP contribution in [0.3, 0.4) is 0 Å². The number of rotatable bonds is 6. The lowest BCUT2D eigenvalue weighted by molar-refractivity contribution is -0.124. The molecule has 142 valence electrons. The van der Waals surface area contributed by atoms with Crippen LogP contribution in [0.1, 0.15) is 30.9 Å². The van der Waals surface area contributed by atoms with Crippen LogP contribution in [0, 0.1) is 6.92 Å². The van der Waals surface area contributed by atoms with E-state index < -0.39 is 0 Å². The van der Waals surface area contributed by atoms with Gasteiger partial charge in [0.05, 0.1) is 5.71 Å². The fraction of sp³-hybridized carbons (Fsp3) is 0.174. The molecule has 0 spiro atoms. The number of benzene rings is 3. The van der Waals surface area contributed by atoms with Gasteiger partial charge < -0.3 is 5.32 Å². The molecule has 28 heavy (non-hydrogen) atoms. The molecule has 5 nitrogen and oxygen atoms in total. The maximum atomic E-state index is 12.0. The predicted octanol–water partition coefficient (Wildman–Crippen LogP) is 4.41. The van der Waals surface area contributed by atoms with Gasteiger partial charge in [-0.25, -0.2) is 5.43 Å². The van der Waals surface area contributed by atoms with E-state index in [4.69, 9.17) is 0 Å². The largest absolute Gasteiger partial charge is 0.326 e. The van der Waals surface area contributed by atoms with Crippen molar-refractivity contribution in [1.29, 1.82) is 0 Å². The molecule has 0 aliphatic heterocycles. The number of nitrogens with zero attached hydrogens (tertiary/aromatic N) is 1.